The molecule has 5 rings (SSSR count). The lowest BCUT2D eigenvalue weighted by molar-refractivity contribution is -0.118. The van der Waals surface area contributed by atoms with Crippen LogP contribution in [-0.4, -0.2) is 30.8 Å². The van der Waals surface area contributed by atoms with E-state index in [1.165, 1.54) is 11.3 Å². The fourth-order valence-electron chi connectivity index (χ4n) is 4.12. The summed E-state index contributed by atoms with van der Waals surface area (Å²) in [5.74, 6) is 0.817. The zero-order valence-corrected chi connectivity index (χ0v) is 18.2. The van der Waals surface area contributed by atoms with E-state index >= 15 is 0 Å². The SMILES string of the molecule is O=C(Nc1nc(-c2ccc3c(c2)OCO3)cs1)C1(S(=O)(=O)c2ccccc2)CCCC1. The number of amides is 1. The van der Waals surface area contributed by atoms with Crippen LogP contribution in [0.1, 0.15) is 25.7 Å². The minimum absolute atomic E-state index is 0.173. The highest BCUT2D eigenvalue weighted by molar-refractivity contribution is 7.93. The summed E-state index contributed by atoms with van der Waals surface area (Å²) in [6.45, 7) is 0.190. The average Bonchev–Trinajstić information content (AvgIpc) is 3.54. The number of anilines is 1. The van der Waals surface area contributed by atoms with Crippen LogP contribution in [0.5, 0.6) is 11.5 Å². The normalized spacial score (nSPS) is 16.9. The number of rotatable bonds is 5. The van der Waals surface area contributed by atoms with Gasteiger partial charge >= 0.3 is 0 Å². The lowest BCUT2D eigenvalue weighted by atomic mass is 10.1. The summed E-state index contributed by atoms with van der Waals surface area (Å²) in [7, 11) is -3.84. The molecule has 0 spiro atoms. The van der Waals surface area contributed by atoms with Crippen molar-refractivity contribution in [1.29, 1.82) is 0 Å². The minimum atomic E-state index is -3.84. The molecule has 1 saturated carbocycles. The topological polar surface area (TPSA) is 94.6 Å². The molecule has 1 amide bonds. The molecule has 9 heteroatoms. The van der Waals surface area contributed by atoms with Gasteiger partial charge in [-0.1, -0.05) is 31.0 Å². The van der Waals surface area contributed by atoms with Crippen molar-refractivity contribution in [3.8, 4) is 22.8 Å². The van der Waals surface area contributed by atoms with Gasteiger partial charge in [0, 0.05) is 10.9 Å². The molecule has 1 aromatic heterocycles. The second-order valence-corrected chi connectivity index (χ2v) is 10.7. The Morgan fingerprint density at radius 2 is 1.77 bits per heavy atom. The predicted molar refractivity (Wildman–Crippen MR) is 117 cm³/mol. The third-order valence-corrected chi connectivity index (χ3v) is 9.06. The zero-order chi connectivity index (χ0) is 21.5. The van der Waals surface area contributed by atoms with Gasteiger partial charge in [0.05, 0.1) is 10.6 Å². The van der Waals surface area contributed by atoms with Crippen LogP contribution in [0.25, 0.3) is 11.3 Å². The molecule has 0 radical (unpaired) electrons. The van der Waals surface area contributed by atoms with Crippen LogP contribution in [0.4, 0.5) is 5.13 Å². The van der Waals surface area contributed by atoms with Gasteiger partial charge in [-0.3, -0.25) is 4.79 Å². The average molecular weight is 457 g/mol. The van der Waals surface area contributed by atoms with Crippen LogP contribution >= 0.6 is 11.3 Å². The van der Waals surface area contributed by atoms with Crippen molar-refractivity contribution >= 4 is 32.2 Å². The quantitative estimate of drug-likeness (QED) is 0.616. The lowest BCUT2D eigenvalue weighted by Gasteiger charge is -2.27. The van der Waals surface area contributed by atoms with Crippen molar-refractivity contribution in [2.75, 3.05) is 12.1 Å². The van der Waals surface area contributed by atoms with Crippen molar-refractivity contribution in [1.82, 2.24) is 4.98 Å². The van der Waals surface area contributed by atoms with E-state index in [-0.39, 0.29) is 11.7 Å². The first-order valence-electron chi connectivity index (χ1n) is 9.96. The number of benzene rings is 2. The molecule has 2 aromatic carbocycles. The number of nitrogens with one attached hydrogen (secondary N) is 1. The second kappa shape index (κ2) is 7.65. The highest BCUT2D eigenvalue weighted by Gasteiger charge is 2.53. The summed E-state index contributed by atoms with van der Waals surface area (Å²) in [4.78, 5) is 18.0. The van der Waals surface area contributed by atoms with Gasteiger partial charge in [0.1, 0.15) is 0 Å². The summed E-state index contributed by atoms with van der Waals surface area (Å²) < 4.78 is 36.1. The molecule has 1 fully saturated rings. The molecule has 0 saturated heterocycles. The van der Waals surface area contributed by atoms with Gasteiger partial charge in [-0.05, 0) is 43.2 Å². The zero-order valence-electron chi connectivity index (χ0n) is 16.5. The van der Waals surface area contributed by atoms with E-state index in [1.54, 1.807) is 30.3 Å². The van der Waals surface area contributed by atoms with Crippen molar-refractivity contribution in [3.63, 3.8) is 0 Å². The Kier molecular flexibility index (Phi) is 4.94. The van der Waals surface area contributed by atoms with Crippen molar-refractivity contribution < 1.29 is 22.7 Å². The van der Waals surface area contributed by atoms with Crippen LogP contribution in [0.15, 0.2) is 58.8 Å². The summed E-state index contributed by atoms with van der Waals surface area (Å²) in [6, 6.07) is 13.7. The standard InChI is InChI=1S/C22H20N2O5S2/c25-20(22(10-4-5-11-22)31(26,27)16-6-2-1-3-7-16)24-21-23-17(13-30-21)15-8-9-18-19(12-15)29-14-28-18/h1-3,6-9,12-13H,4-5,10-11,14H2,(H,23,24,25). The van der Waals surface area contributed by atoms with E-state index in [0.29, 0.717) is 48.0 Å². The van der Waals surface area contributed by atoms with E-state index in [2.05, 4.69) is 10.3 Å². The molecule has 7 nitrogen and oxygen atoms in total. The molecule has 0 atom stereocenters. The summed E-state index contributed by atoms with van der Waals surface area (Å²) >= 11 is 1.26. The van der Waals surface area contributed by atoms with Gasteiger partial charge in [0.25, 0.3) is 0 Å². The minimum Gasteiger partial charge on any atom is -0.454 e. The van der Waals surface area contributed by atoms with Gasteiger partial charge in [0.2, 0.25) is 12.7 Å². The lowest BCUT2D eigenvalue weighted by Crippen LogP contribution is -2.47. The third-order valence-electron chi connectivity index (χ3n) is 5.79. The molecule has 0 bridgehead atoms. The number of thiazole rings is 1. The molecule has 1 aliphatic heterocycles. The predicted octanol–water partition coefficient (Wildman–Crippen LogP) is 4.26. The van der Waals surface area contributed by atoms with Gasteiger partial charge in [-0.25, -0.2) is 13.4 Å². The van der Waals surface area contributed by atoms with Crippen LogP contribution in [0.3, 0.4) is 0 Å². The first-order chi connectivity index (χ1) is 15.0. The Balaban J connectivity index is 1.41. The number of fused-ring (bicyclic) bond motifs is 1. The monoisotopic (exact) mass is 456 g/mol. The van der Waals surface area contributed by atoms with E-state index < -0.39 is 20.5 Å². The summed E-state index contributed by atoms with van der Waals surface area (Å²) in [6.07, 6.45) is 1.99. The molecular weight excluding hydrogens is 436 g/mol. The molecule has 0 unspecified atom stereocenters. The van der Waals surface area contributed by atoms with Gasteiger partial charge in [0.15, 0.2) is 31.2 Å². The summed E-state index contributed by atoms with van der Waals surface area (Å²) in [5, 5.41) is 4.96. The van der Waals surface area contributed by atoms with Gasteiger partial charge in [-0.15, -0.1) is 11.3 Å². The molecule has 2 heterocycles. The Hall–Kier alpha value is -2.91. The highest BCUT2D eigenvalue weighted by atomic mass is 32.2. The van der Waals surface area contributed by atoms with E-state index in [1.807, 2.05) is 23.6 Å². The Labute approximate surface area is 184 Å². The maximum Gasteiger partial charge on any atom is 0.248 e. The van der Waals surface area contributed by atoms with Crippen LogP contribution in [-0.2, 0) is 14.6 Å². The smallest absolute Gasteiger partial charge is 0.248 e. The fraction of sp³-hybridized carbons (Fsp3) is 0.273. The van der Waals surface area contributed by atoms with Gasteiger partial charge in [-0.2, -0.15) is 0 Å². The number of ether oxygens (including phenoxy) is 2. The maximum atomic E-state index is 13.4. The number of carbonyl (C=O) groups is 1. The van der Waals surface area contributed by atoms with Crippen LogP contribution < -0.4 is 14.8 Å². The number of sulfone groups is 1. The Morgan fingerprint density at radius 1 is 1.03 bits per heavy atom. The van der Waals surface area contributed by atoms with Crippen LogP contribution in [0.2, 0.25) is 0 Å². The largest absolute Gasteiger partial charge is 0.454 e. The van der Waals surface area contributed by atoms with E-state index in [9.17, 15) is 13.2 Å². The highest BCUT2D eigenvalue weighted by Crippen LogP contribution is 2.42. The molecule has 1 N–H and O–H groups in total. The third kappa shape index (κ3) is 3.37. The van der Waals surface area contributed by atoms with Crippen molar-refractivity contribution in [3.05, 3.63) is 53.9 Å². The number of hydrogen-bond donors (Lipinski definition) is 1. The molecular formula is C22H20N2O5S2. The van der Waals surface area contributed by atoms with E-state index in [0.717, 1.165) is 5.56 Å². The maximum absolute atomic E-state index is 13.4. The molecule has 31 heavy (non-hydrogen) atoms. The number of carbonyl (C=O) groups excluding carboxylic acids is 1. The fourth-order valence-corrected chi connectivity index (χ4v) is 6.92. The molecule has 2 aliphatic rings. The first-order valence-corrected chi connectivity index (χ1v) is 12.3. The number of nitrogens with zero attached hydrogens (tertiary/aromatic N) is 1. The van der Waals surface area contributed by atoms with E-state index in [4.69, 9.17) is 9.47 Å². The molecule has 160 valence electrons. The molecule has 1 aliphatic carbocycles. The summed E-state index contributed by atoms with van der Waals surface area (Å²) in [5.41, 5.74) is 1.50. The van der Waals surface area contributed by atoms with Gasteiger partial charge < -0.3 is 14.8 Å². The Bertz CT molecular complexity index is 1230. The van der Waals surface area contributed by atoms with Crippen LogP contribution in [0, 0.1) is 0 Å². The Morgan fingerprint density at radius 3 is 2.55 bits per heavy atom. The number of hydrogen-bond acceptors (Lipinski definition) is 7. The first kappa shape index (κ1) is 20.0. The van der Waals surface area contributed by atoms with Crippen molar-refractivity contribution in [2.45, 2.75) is 35.3 Å². The van der Waals surface area contributed by atoms with Crippen molar-refractivity contribution in [2.24, 2.45) is 0 Å². The second-order valence-electron chi connectivity index (χ2n) is 7.58. The number of aromatic nitrogens is 1. The molecule has 3 aromatic rings.